The molecule has 2 aliphatic rings. The van der Waals surface area contributed by atoms with Gasteiger partial charge in [-0.3, -0.25) is 0 Å². The molecule has 1 aromatic heterocycles. The average Bonchev–Trinajstić information content (AvgIpc) is 2.86. The molecule has 0 unspecified atom stereocenters. The Balaban J connectivity index is 0.00000210. The fraction of sp³-hybridized carbons (Fsp3) is 0.238. The van der Waals surface area contributed by atoms with Crippen LogP contribution in [0.4, 0.5) is 0 Å². The summed E-state index contributed by atoms with van der Waals surface area (Å²) in [6.45, 7) is 2.34. The van der Waals surface area contributed by atoms with Gasteiger partial charge in [0.2, 0.25) is 0 Å². The number of rotatable bonds is 5. The van der Waals surface area contributed by atoms with E-state index >= 15 is 0 Å². The van der Waals surface area contributed by atoms with E-state index in [4.69, 9.17) is 16.3 Å². The lowest BCUT2D eigenvalue weighted by Gasteiger charge is -2.16. The van der Waals surface area contributed by atoms with Crippen molar-refractivity contribution in [2.45, 2.75) is 0 Å². The zero-order chi connectivity index (χ0) is 18.1. The van der Waals surface area contributed by atoms with E-state index in [-0.39, 0.29) is 12.4 Å². The van der Waals surface area contributed by atoms with Crippen LogP contribution in [0.2, 0.25) is 5.02 Å². The van der Waals surface area contributed by atoms with E-state index in [0.717, 1.165) is 18.2 Å². The predicted molar refractivity (Wildman–Crippen MR) is 123 cm³/mol. The fourth-order valence-corrected chi connectivity index (χ4v) is 5.57. The molecule has 0 saturated carbocycles. The molecule has 142 valence electrons. The second kappa shape index (κ2) is 8.99. The standard InChI is InChI=1S/C21H20ClNOS2.ClH/c1-23(2)10-11-24-13-16-8-6-14-4-3-5-18-20(21(14)25-16)17-9-7-15(22)12-19(17)26-18;/h3-9,12H,10-11,13H2,1-2H3;1H. The van der Waals surface area contributed by atoms with Crippen LogP contribution in [0.3, 0.4) is 0 Å². The molecular weight excluding hydrogens is 417 g/mol. The SMILES string of the molecule is CN(C)CCOCC1=CC=C2C=CC=c3sc4cc(Cl)ccc4c3=C2S1.Cl. The highest BCUT2D eigenvalue weighted by atomic mass is 35.5. The molecular formula is C21H21Cl2NOS2. The Morgan fingerprint density at radius 2 is 2.00 bits per heavy atom. The molecule has 0 N–H and O–H groups in total. The lowest BCUT2D eigenvalue weighted by Crippen LogP contribution is -2.21. The number of benzene rings is 1. The third kappa shape index (κ3) is 4.53. The highest BCUT2D eigenvalue weighted by Gasteiger charge is 2.17. The van der Waals surface area contributed by atoms with Gasteiger partial charge in [-0.05, 0) is 44.0 Å². The summed E-state index contributed by atoms with van der Waals surface area (Å²) in [5, 5.41) is 3.38. The van der Waals surface area contributed by atoms with Gasteiger partial charge in [-0.25, -0.2) is 0 Å². The van der Waals surface area contributed by atoms with Gasteiger partial charge in [0.1, 0.15) is 0 Å². The zero-order valence-corrected chi connectivity index (χ0v) is 18.4. The number of fused-ring (bicyclic) bond motifs is 4. The van der Waals surface area contributed by atoms with Crippen molar-refractivity contribution in [2.24, 2.45) is 0 Å². The van der Waals surface area contributed by atoms with E-state index in [0.29, 0.717) is 6.61 Å². The minimum absolute atomic E-state index is 0. The summed E-state index contributed by atoms with van der Waals surface area (Å²) in [7, 11) is 4.12. The molecule has 0 atom stereocenters. The summed E-state index contributed by atoms with van der Waals surface area (Å²) >= 11 is 9.83. The second-order valence-electron chi connectivity index (χ2n) is 6.55. The Morgan fingerprint density at radius 3 is 2.81 bits per heavy atom. The summed E-state index contributed by atoms with van der Waals surface area (Å²) in [5.74, 6) is 0. The van der Waals surface area contributed by atoms with Crippen LogP contribution in [-0.2, 0) is 4.74 Å². The molecule has 0 saturated heterocycles. The minimum Gasteiger partial charge on any atom is -0.375 e. The van der Waals surface area contributed by atoms with E-state index in [1.807, 2.05) is 17.8 Å². The number of nitrogens with zero attached hydrogens (tertiary/aromatic N) is 1. The van der Waals surface area contributed by atoms with E-state index in [9.17, 15) is 0 Å². The van der Waals surface area contributed by atoms with Gasteiger partial charge >= 0.3 is 0 Å². The third-order valence-corrected chi connectivity index (χ3v) is 6.81. The molecule has 1 aliphatic carbocycles. The molecule has 0 amide bonds. The van der Waals surface area contributed by atoms with Crippen molar-refractivity contribution < 1.29 is 4.74 Å². The molecule has 1 aromatic carbocycles. The maximum atomic E-state index is 6.20. The van der Waals surface area contributed by atoms with Crippen LogP contribution in [0, 0.1) is 0 Å². The monoisotopic (exact) mass is 437 g/mol. The molecule has 4 rings (SSSR count). The first-order valence-corrected chi connectivity index (χ1v) is 10.6. The number of ether oxygens (including phenoxy) is 1. The van der Waals surface area contributed by atoms with Crippen LogP contribution in [0.1, 0.15) is 0 Å². The van der Waals surface area contributed by atoms with Crippen LogP contribution in [-0.4, -0.2) is 38.8 Å². The predicted octanol–water partition coefficient (Wildman–Crippen LogP) is 4.57. The summed E-state index contributed by atoms with van der Waals surface area (Å²) in [6.07, 6.45) is 10.9. The van der Waals surface area contributed by atoms with Crippen molar-refractivity contribution in [3.05, 3.63) is 67.8 Å². The maximum Gasteiger partial charge on any atom is 0.0779 e. The molecule has 0 spiro atoms. The summed E-state index contributed by atoms with van der Waals surface area (Å²) < 4.78 is 8.38. The summed E-state index contributed by atoms with van der Waals surface area (Å²) in [6, 6.07) is 6.18. The number of halogens is 2. The van der Waals surface area contributed by atoms with Gasteiger partial charge in [0.25, 0.3) is 0 Å². The minimum atomic E-state index is 0. The number of hydrogen-bond acceptors (Lipinski definition) is 4. The Morgan fingerprint density at radius 1 is 1.15 bits per heavy atom. The first-order chi connectivity index (χ1) is 12.6. The zero-order valence-electron chi connectivity index (χ0n) is 15.2. The third-order valence-electron chi connectivity index (χ3n) is 4.30. The Bertz CT molecular complexity index is 1060. The highest BCUT2D eigenvalue weighted by molar-refractivity contribution is 8.11. The number of thioether (sulfide) groups is 1. The molecule has 2 aromatic rings. The van der Waals surface area contributed by atoms with Gasteiger partial charge in [-0.2, -0.15) is 0 Å². The maximum absolute atomic E-state index is 6.20. The fourth-order valence-electron chi connectivity index (χ4n) is 2.99. The quantitative estimate of drug-likeness (QED) is 0.635. The van der Waals surface area contributed by atoms with Gasteiger partial charge in [-0.15, -0.1) is 23.7 Å². The first kappa shape index (κ1) is 20.7. The van der Waals surface area contributed by atoms with Crippen LogP contribution in [0.15, 0.2) is 53.0 Å². The molecule has 0 radical (unpaired) electrons. The lowest BCUT2D eigenvalue weighted by molar-refractivity contribution is 0.140. The molecule has 1 aliphatic heterocycles. The van der Waals surface area contributed by atoms with Crippen molar-refractivity contribution in [2.75, 3.05) is 33.9 Å². The van der Waals surface area contributed by atoms with Crippen molar-refractivity contribution >= 4 is 68.2 Å². The summed E-state index contributed by atoms with van der Waals surface area (Å²) in [5.41, 5.74) is 1.26. The van der Waals surface area contributed by atoms with Gasteiger partial charge in [0.15, 0.2) is 0 Å². The molecule has 6 heteroatoms. The van der Waals surface area contributed by atoms with Crippen molar-refractivity contribution in [3.63, 3.8) is 0 Å². The van der Waals surface area contributed by atoms with Crippen LogP contribution in [0.25, 0.3) is 21.1 Å². The largest absolute Gasteiger partial charge is 0.375 e. The van der Waals surface area contributed by atoms with Crippen LogP contribution >= 0.6 is 47.1 Å². The number of allylic oxidation sites excluding steroid dienone is 4. The smallest absolute Gasteiger partial charge is 0.0779 e. The van der Waals surface area contributed by atoms with Crippen LogP contribution < -0.4 is 9.75 Å². The first-order valence-electron chi connectivity index (χ1n) is 8.54. The van der Waals surface area contributed by atoms with Crippen LogP contribution in [0.5, 0.6) is 0 Å². The van der Waals surface area contributed by atoms with E-state index in [1.165, 1.54) is 35.2 Å². The number of likely N-dealkylation sites (N-methyl/N-ethyl adjacent to an activating group) is 1. The lowest BCUT2D eigenvalue weighted by atomic mass is 10.1. The van der Waals surface area contributed by atoms with Gasteiger partial charge in [0, 0.05) is 41.2 Å². The van der Waals surface area contributed by atoms with Crippen molar-refractivity contribution in [3.8, 4) is 0 Å². The Labute approximate surface area is 178 Å². The normalized spacial score (nSPS) is 15.5. The number of thiophene rings is 1. The molecule has 2 heterocycles. The Hall–Kier alpha value is -1.01. The van der Waals surface area contributed by atoms with Crippen molar-refractivity contribution in [1.29, 1.82) is 0 Å². The van der Waals surface area contributed by atoms with E-state index in [2.05, 4.69) is 61.5 Å². The number of hydrogen-bond donors (Lipinski definition) is 0. The second-order valence-corrected chi connectivity index (χ2v) is 9.21. The topological polar surface area (TPSA) is 12.5 Å². The van der Waals surface area contributed by atoms with Crippen molar-refractivity contribution in [1.82, 2.24) is 4.90 Å². The van der Waals surface area contributed by atoms with Gasteiger partial charge in [0.05, 0.1) is 13.2 Å². The Kier molecular flexibility index (Phi) is 6.90. The average molecular weight is 438 g/mol. The van der Waals surface area contributed by atoms with E-state index < -0.39 is 0 Å². The van der Waals surface area contributed by atoms with Gasteiger partial charge < -0.3 is 9.64 Å². The molecule has 2 nitrogen and oxygen atoms in total. The molecule has 0 bridgehead atoms. The molecule has 0 fully saturated rings. The summed E-state index contributed by atoms with van der Waals surface area (Å²) in [4.78, 5) is 4.69. The molecule has 27 heavy (non-hydrogen) atoms. The highest BCUT2D eigenvalue weighted by Crippen LogP contribution is 2.37. The van der Waals surface area contributed by atoms with E-state index in [1.54, 1.807) is 11.3 Å². The van der Waals surface area contributed by atoms with Gasteiger partial charge in [-0.1, -0.05) is 47.7 Å².